The van der Waals surface area contributed by atoms with E-state index in [1.165, 1.54) is 16.7 Å². The average molecular weight is 1080 g/mol. The van der Waals surface area contributed by atoms with Crippen molar-refractivity contribution in [2.75, 3.05) is 0 Å². The van der Waals surface area contributed by atoms with Crippen LogP contribution in [0.2, 0.25) is 0 Å². The number of imide groups is 1. The zero-order valence-corrected chi connectivity index (χ0v) is 44.7. The van der Waals surface area contributed by atoms with E-state index in [9.17, 15) is 47.9 Å². The van der Waals surface area contributed by atoms with Gasteiger partial charge in [0.15, 0.2) is 11.6 Å². The highest BCUT2D eigenvalue weighted by Gasteiger charge is 2.46. The fourth-order valence-corrected chi connectivity index (χ4v) is 11.6. The molecule has 1 unspecified atom stereocenters. The summed E-state index contributed by atoms with van der Waals surface area (Å²) in [6.07, 6.45) is 4.49. The van der Waals surface area contributed by atoms with Crippen LogP contribution in [0.1, 0.15) is 163 Å². The maximum absolute atomic E-state index is 14.9. The van der Waals surface area contributed by atoms with E-state index in [0.717, 1.165) is 16.7 Å². The zero-order chi connectivity index (χ0) is 56.5. The van der Waals surface area contributed by atoms with Crippen molar-refractivity contribution < 1.29 is 47.9 Å². The minimum Gasteiger partial charge on any atom is -0.370 e. The molecule has 18 nitrogen and oxygen atoms in total. The molecule has 3 fully saturated rings. The maximum atomic E-state index is 14.9. The van der Waals surface area contributed by atoms with Crippen LogP contribution in [0.4, 0.5) is 0 Å². The summed E-state index contributed by atoms with van der Waals surface area (Å²) < 4.78 is 0. The normalized spacial score (nSPS) is 20.1. The third kappa shape index (κ3) is 13.2. The van der Waals surface area contributed by atoms with Crippen molar-refractivity contribution in [3.8, 4) is 11.8 Å². The molecule has 1 aromatic heterocycles. The Labute approximate surface area is 463 Å². The van der Waals surface area contributed by atoms with E-state index in [1.54, 1.807) is 36.4 Å². The lowest BCUT2D eigenvalue weighted by molar-refractivity contribution is -0.143. The number of unbranched alkanes of at least 4 members (excludes halogenated alkanes) is 3. The average Bonchev–Trinajstić information content (AvgIpc) is 4.18. The summed E-state index contributed by atoms with van der Waals surface area (Å²) in [4.78, 5) is 140. The van der Waals surface area contributed by atoms with Crippen LogP contribution in [0.5, 0.6) is 0 Å². The Hall–Kier alpha value is -8.72. The number of aromatic amines is 1. The summed E-state index contributed by atoms with van der Waals surface area (Å²) >= 11 is 0. The molecule has 0 aliphatic carbocycles. The second-order valence-corrected chi connectivity index (χ2v) is 21.3. The predicted octanol–water partition coefficient (Wildman–Crippen LogP) is 5.80. The van der Waals surface area contributed by atoms with Crippen LogP contribution in [-0.2, 0) is 40.1 Å². The van der Waals surface area contributed by atoms with Gasteiger partial charge in [0.05, 0.1) is 6.04 Å². The molecule has 6 atom stereocenters. The number of benzene rings is 4. The quantitative estimate of drug-likeness (QED) is 0.0236. The first-order valence-electron chi connectivity index (χ1n) is 27.6. The molecule has 80 heavy (non-hydrogen) atoms. The van der Waals surface area contributed by atoms with Crippen molar-refractivity contribution in [1.82, 2.24) is 36.1 Å². The second-order valence-electron chi connectivity index (χ2n) is 21.3. The van der Waals surface area contributed by atoms with Gasteiger partial charge in [0.2, 0.25) is 35.4 Å². The van der Waals surface area contributed by atoms with Gasteiger partial charge in [-0.3, -0.25) is 53.3 Å². The number of Topliss-reactive ketones (excluding diaryl/α,β-unsaturated/α-hetero) is 2. The minimum absolute atomic E-state index is 0.0108. The Kier molecular flexibility index (Phi) is 17.8. The molecule has 414 valence electrons. The standard InChI is InChI=1S/C62H66N8O10/c1-37(71)41-22-25-48-42(32-41)33-51(65-48)58(76)67-50-26-23-43(64-56(74)21-12-4-2-3-7-18-40-19-13-20-45-47(40)36-69(61(45)79)52-29-31-57(75)68-59(52)77)34-44-24-28-53(70(44)62(50)80)60(78)66-49(27-30-55(63)73)54(72)35-46(38-14-8-5-9-15-38)39-16-10-6-11-17-39/h5-6,8-11,13-17,19-20,22,25,32-33,43-44,46,49-50,52-53,65H,2-4,12,21,23-24,26-31,34-36H2,1H3,(H2,63,73)(H,64,74)(H,66,78)(H,67,76)(H,68,75,77)/t43-,44+,49-,50-,52?,53-/m0/s1. The number of primary amides is 1. The summed E-state index contributed by atoms with van der Waals surface area (Å²) in [6, 6.07) is 26.2. The van der Waals surface area contributed by atoms with Crippen molar-refractivity contribution in [3.05, 3.63) is 142 Å². The van der Waals surface area contributed by atoms with Gasteiger partial charge in [-0.2, -0.15) is 0 Å². The van der Waals surface area contributed by atoms with Gasteiger partial charge in [0.1, 0.15) is 23.8 Å². The van der Waals surface area contributed by atoms with Crippen LogP contribution < -0.4 is 27.0 Å². The Balaban J connectivity index is 0.857. The van der Waals surface area contributed by atoms with Crippen LogP contribution >= 0.6 is 0 Å². The lowest BCUT2D eigenvalue weighted by Gasteiger charge is -2.38. The van der Waals surface area contributed by atoms with Crippen molar-refractivity contribution in [1.29, 1.82) is 0 Å². The summed E-state index contributed by atoms with van der Waals surface area (Å²) in [5.41, 5.74) is 10.6. The van der Waals surface area contributed by atoms with Gasteiger partial charge < -0.3 is 36.5 Å². The number of nitrogens with two attached hydrogens (primary N) is 1. The fourth-order valence-electron chi connectivity index (χ4n) is 11.6. The van der Waals surface area contributed by atoms with E-state index < -0.39 is 65.8 Å². The highest BCUT2D eigenvalue weighted by atomic mass is 16.2. The predicted molar refractivity (Wildman–Crippen MR) is 296 cm³/mol. The lowest BCUT2D eigenvalue weighted by atomic mass is 9.85. The molecular weight excluding hydrogens is 1020 g/mol. The number of carbonyl (C=O) groups excluding carboxylic acids is 10. The van der Waals surface area contributed by atoms with E-state index >= 15 is 0 Å². The summed E-state index contributed by atoms with van der Waals surface area (Å²) in [6.45, 7) is 1.68. The van der Waals surface area contributed by atoms with Gasteiger partial charge in [-0.25, -0.2) is 0 Å². The number of hydrogen-bond acceptors (Lipinski definition) is 10. The van der Waals surface area contributed by atoms with Gasteiger partial charge in [-0.05, 0) is 118 Å². The van der Waals surface area contributed by atoms with E-state index in [-0.39, 0.29) is 98.8 Å². The molecule has 4 aliphatic rings. The molecule has 0 spiro atoms. The van der Waals surface area contributed by atoms with Gasteiger partial charge in [0, 0.05) is 84.2 Å². The molecule has 0 bridgehead atoms. The van der Waals surface area contributed by atoms with Crippen LogP contribution in [0.25, 0.3) is 10.9 Å². The summed E-state index contributed by atoms with van der Waals surface area (Å²) in [7, 11) is 0. The molecule has 0 saturated carbocycles. The molecule has 4 aliphatic heterocycles. The number of rotatable bonds is 20. The number of piperidine rings is 1. The highest BCUT2D eigenvalue weighted by Crippen LogP contribution is 2.34. The first-order chi connectivity index (χ1) is 38.6. The first kappa shape index (κ1) is 56.0. The number of hydrogen-bond donors (Lipinski definition) is 6. The van der Waals surface area contributed by atoms with E-state index in [2.05, 4.69) is 38.1 Å². The van der Waals surface area contributed by atoms with Gasteiger partial charge >= 0.3 is 0 Å². The number of nitrogens with zero attached hydrogens (tertiary/aromatic N) is 2. The molecule has 18 heteroatoms. The largest absolute Gasteiger partial charge is 0.370 e. The molecule has 0 radical (unpaired) electrons. The Bertz CT molecular complexity index is 3250. The minimum atomic E-state index is -1.11. The molecule has 7 N–H and O–H groups in total. The lowest BCUT2D eigenvalue weighted by Crippen LogP contribution is -2.59. The number of nitrogens with one attached hydrogen (secondary N) is 5. The Morgan fingerprint density at radius 1 is 0.787 bits per heavy atom. The third-order valence-corrected chi connectivity index (χ3v) is 15.9. The van der Waals surface area contributed by atoms with Crippen molar-refractivity contribution in [3.63, 3.8) is 0 Å². The Morgan fingerprint density at radius 2 is 1.54 bits per heavy atom. The van der Waals surface area contributed by atoms with Gasteiger partial charge in [0.25, 0.3) is 11.8 Å². The summed E-state index contributed by atoms with van der Waals surface area (Å²) in [5, 5.41) is 12.0. The van der Waals surface area contributed by atoms with E-state index in [4.69, 9.17) is 5.73 Å². The second kappa shape index (κ2) is 25.4. The van der Waals surface area contributed by atoms with Crippen LogP contribution in [0.3, 0.4) is 0 Å². The number of carbonyl (C=O) groups is 10. The smallest absolute Gasteiger partial charge is 0.268 e. The van der Waals surface area contributed by atoms with Crippen molar-refractivity contribution in [2.45, 2.75) is 152 Å². The molecule has 5 heterocycles. The van der Waals surface area contributed by atoms with Gasteiger partial charge in [-0.1, -0.05) is 85.0 Å². The van der Waals surface area contributed by atoms with E-state index in [0.29, 0.717) is 72.5 Å². The number of H-pyrrole nitrogens is 1. The molecule has 5 aromatic rings. The topological polar surface area (TPSA) is 267 Å². The number of fused-ring (bicyclic) bond motifs is 3. The fraction of sp³-hybridized carbons (Fsp3) is 0.387. The van der Waals surface area contributed by atoms with Crippen molar-refractivity contribution >= 4 is 69.7 Å². The zero-order valence-electron chi connectivity index (χ0n) is 44.7. The van der Waals surface area contributed by atoms with Gasteiger partial charge in [-0.15, -0.1) is 0 Å². The van der Waals surface area contributed by atoms with Crippen LogP contribution in [0.15, 0.2) is 103 Å². The Morgan fingerprint density at radius 3 is 2.25 bits per heavy atom. The monoisotopic (exact) mass is 1080 g/mol. The first-order valence-corrected chi connectivity index (χ1v) is 27.6. The van der Waals surface area contributed by atoms with E-state index in [1.807, 2.05) is 66.7 Å². The third-order valence-electron chi connectivity index (χ3n) is 15.9. The number of ketones is 2. The number of amides is 8. The highest BCUT2D eigenvalue weighted by molar-refractivity contribution is 6.06. The van der Waals surface area contributed by atoms with Crippen molar-refractivity contribution in [2.24, 2.45) is 5.73 Å². The summed E-state index contributed by atoms with van der Waals surface area (Å²) in [5.74, 6) is 2.07. The molecule has 4 aromatic carbocycles. The maximum Gasteiger partial charge on any atom is 0.268 e. The molecular formula is C62H66N8O10. The molecule has 3 saturated heterocycles. The molecule has 9 rings (SSSR count). The molecule has 8 amide bonds. The number of aromatic nitrogens is 1. The van der Waals surface area contributed by atoms with Crippen LogP contribution in [-0.4, -0.2) is 110 Å². The van der Waals surface area contributed by atoms with Crippen LogP contribution in [0, 0.1) is 11.8 Å². The SMILES string of the molecule is CC(=O)c1ccc2[nH]c(C(=O)N[C@H]3CC[C@H](NC(=O)CCCCCC#Cc4cccc5c4CN(C4CCC(=O)NC4=O)C5=O)C[C@H]4CC[C@@H](C(=O)N[C@@H](CCC(N)=O)C(=O)CC(c5ccccc5)c5ccccc5)N4C3=O)cc2c1.